The average Bonchev–Trinajstić information content (AvgIpc) is 2.30. The first-order valence-electron chi connectivity index (χ1n) is 5.27. The van der Waals surface area contributed by atoms with E-state index in [0.29, 0.717) is 5.02 Å². The van der Waals surface area contributed by atoms with Gasteiger partial charge in [-0.2, -0.15) is 5.26 Å². The summed E-state index contributed by atoms with van der Waals surface area (Å²) in [4.78, 5) is 0.0189. The standard InChI is InChI=1S/C12H13Cl2NO2S/c1-12(2,8-15)5-6-18(16,17)11-7-9(13)3-4-10(11)14/h3-4,7H,5-6H2,1-2H3. The summed E-state index contributed by atoms with van der Waals surface area (Å²) in [7, 11) is -3.52. The molecule has 0 aliphatic rings. The third kappa shape index (κ3) is 3.88. The van der Waals surface area contributed by atoms with Crippen LogP contribution in [0.3, 0.4) is 0 Å². The number of nitrogens with zero attached hydrogens (tertiary/aromatic N) is 1. The third-order valence-electron chi connectivity index (χ3n) is 2.53. The minimum Gasteiger partial charge on any atom is -0.224 e. The maximum absolute atomic E-state index is 12.1. The SMILES string of the molecule is CC(C)(C#N)CCS(=O)(=O)c1cc(Cl)ccc1Cl. The number of benzene rings is 1. The lowest BCUT2D eigenvalue weighted by Crippen LogP contribution is -2.16. The second kappa shape index (κ2) is 5.48. The number of rotatable bonds is 4. The molecule has 6 heteroatoms. The highest BCUT2D eigenvalue weighted by Crippen LogP contribution is 2.28. The van der Waals surface area contributed by atoms with Crippen molar-refractivity contribution in [3.63, 3.8) is 0 Å². The molecule has 0 spiro atoms. The number of nitriles is 1. The highest BCUT2D eigenvalue weighted by atomic mass is 35.5. The average molecular weight is 306 g/mol. The van der Waals surface area contributed by atoms with Crippen LogP contribution in [0, 0.1) is 16.7 Å². The molecule has 0 unspecified atom stereocenters. The van der Waals surface area contributed by atoms with Gasteiger partial charge in [0.1, 0.15) is 0 Å². The Balaban J connectivity index is 3.02. The molecule has 0 amide bonds. The molecule has 0 bridgehead atoms. The summed E-state index contributed by atoms with van der Waals surface area (Å²) in [5, 5.41) is 9.33. The van der Waals surface area contributed by atoms with Crippen molar-refractivity contribution < 1.29 is 8.42 Å². The Morgan fingerprint density at radius 1 is 1.33 bits per heavy atom. The fourth-order valence-electron chi connectivity index (χ4n) is 1.27. The first-order valence-corrected chi connectivity index (χ1v) is 7.68. The largest absolute Gasteiger partial charge is 0.224 e. The van der Waals surface area contributed by atoms with Crippen LogP contribution in [0.5, 0.6) is 0 Å². The van der Waals surface area contributed by atoms with Gasteiger partial charge in [0.2, 0.25) is 0 Å². The molecule has 0 aliphatic carbocycles. The van der Waals surface area contributed by atoms with Crippen LogP contribution in [-0.4, -0.2) is 14.2 Å². The van der Waals surface area contributed by atoms with Gasteiger partial charge in [0, 0.05) is 5.02 Å². The molecule has 1 rings (SSSR count). The second-order valence-corrected chi connectivity index (χ2v) is 7.56. The van der Waals surface area contributed by atoms with Gasteiger partial charge in [0.25, 0.3) is 0 Å². The van der Waals surface area contributed by atoms with E-state index >= 15 is 0 Å². The second-order valence-electron chi connectivity index (χ2n) is 4.64. The Kier molecular flexibility index (Phi) is 4.66. The van der Waals surface area contributed by atoms with Crippen LogP contribution >= 0.6 is 23.2 Å². The molecule has 1 aromatic carbocycles. The third-order valence-corrected chi connectivity index (χ3v) is 4.95. The molecule has 0 N–H and O–H groups in total. The van der Waals surface area contributed by atoms with Crippen molar-refractivity contribution in [2.45, 2.75) is 25.2 Å². The van der Waals surface area contributed by atoms with Gasteiger partial charge in [-0.25, -0.2) is 8.42 Å². The van der Waals surface area contributed by atoms with Crippen LogP contribution in [0.1, 0.15) is 20.3 Å². The van der Waals surface area contributed by atoms with E-state index in [0.717, 1.165) is 0 Å². The molecule has 0 aliphatic heterocycles. The molecular formula is C12H13Cl2NO2S. The van der Waals surface area contributed by atoms with Gasteiger partial charge in [-0.15, -0.1) is 0 Å². The molecule has 0 heterocycles. The normalized spacial score (nSPS) is 12.2. The zero-order valence-corrected chi connectivity index (χ0v) is 12.4. The van der Waals surface area contributed by atoms with Crippen molar-refractivity contribution >= 4 is 33.0 Å². The maximum atomic E-state index is 12.1. The van der Waals surface area contributed by atoms with Gasteiger partial charge in [-0.05, 0) is 38.5 Å². The van der Waals surface area contributed by atoms with Crippen molar-refractivity contribution in [1.29, 1.82) is 5.26 Å². The highest BCUT2D eigenvalue weighted by molar-refractivity contribution is 7.91. The maximum Gasteiger partial charge on any atom is 0.179 e. The number of halogens is 2. The Bertz CT molecular complexity index is 589. The predicted molar refractivity (Wildman–Crippen MR) is 72.5 cm³/mol. The smallest absolute Gasteiger partial charge is 0.179 e. The number of sulfone groups is 1. The molecule has 98 valence electrons. The van der Waals surface area contributed by atoms with Crippen LogP contribution in [0.4, 0.5) is 0 Å². The van der Waals surface area contributed by atoms with E-state index < -0.39 is 15.3 Å². The van der Waals surface area contributed by atoms with E-state index in [9.17, 15) is 8.42 Å². The Morgan fingerprint density at radius 2 is 1.94 bits per heavy atom. The van der Waals surface area contributed by atoms with Crippen molar-refractivity contribution in [1.82, 2.24) is 0 Å². The summed E-state index contributed by atoms with van der Waals surface area (Å²) in [6, 6.07) is 6.38. The lowest BCUT2D eigenvalue weighted by Gasteiger charge is -2.15. The van der Waals surface area contributed by atoms with E-state index in [1.54, 1.807) is 13.8 Å². The molecule has 1 aromatic rings. The van der Waals surface area contributed by atoms with E-state index in [2.05, 4.69) is 6.07 Å². The first kappa shape index (κ1) is 15.3. The zero-order valence-electron chi connectivity index (χ0n) is 10.1. The van der Waals surface area contributed by atoms with Gasteiger partial charge in [0.05, 0.1) is 27.2 Å². The van der Waals surface area contributed by atoms with E-state index in [4.69, 9.17) is 28.5 Å². The van der Waals surface area contributed by atoms with Crippen molar-refractivity contribution in [3.8, 4) is 6.07 Å². The molecule has 0 atom stereocenters. The van der Waals surface area contributed by atoms with Crippen LogP contribution in [0.2, 0.25) is 10.0 Å². The summed E-state index contributed by atoms with van der Waals surface area (Å²) in [6.45, 7) is 3.39. The lowest BCUT2D eigenvalue weighted by atomic mass is 9.93. The minimum absolute atomic E-state index is 0.0189. The summed E-state index contributed by atoms with van der Waals surface area (Å²) >= 11 is 11.6. The van der Waals surface area contributed by atoms with Gasteiger partial charge >= 0.3 is 0 Å². The summed E-state index contributed by atoms with van der Waals surface area (Å²) in [5.41, 5.74) is -0.682. The Morgan fingerprint density at radius 3 is 2.50 bits per heavy atom. The molecule has 0 fully saturated rings. The van der Waals surface area contributed by atoms with Crippen LogP contribution in [-0.2, 0) is 9.84 Å². The van der Waals surface area contributed by atoms with Gasteiger partial charge < -0.3 is 0 Å². The highest BCUT2D eigenvalue weighted by Gasteiger charge is 2.24. The van der Waals surface area contributed by atoms with Crippen LogP contribution < -0.4 is 0 Å². The Hall–Kier alpha value is -0.760. The summed E-state index contributed by atoms with van der Waals surface area (Å²) in [5.74, 6) is -0.131. The molecule has 0 saturated carbocycles. The fourth-order valence-corrected chi connectivity index (χ4v) is 3.65. The summed E-state index contributed by atoms with van der Waals surface area (Å²) in [6.07, 6.45) is 0.245. The van der Waals surface area contributed by atoms with Crippen molar-refractivity contribution in [3.05, 3.63) is 28.2 Å². The van der Waals surface area contributed by atoms with Crippen LogP contribution in [0.15, 0.2) is 23.1 Å². The molecular weight excluding hydrogens is 293 g/mol. The fraction of sp³-hybridized carbons (Fsp3) is 0.417. The van der Waals surface area contributed by atoms with E-state index in [1.807, 2.05) is 0 Å². The number of hydrogen-bond donors (Lipinski definition) is 0. The monoisotopic (exact) mass is 305 g/mol. The molecule has 0 radical (unpaired) electrons. The number of hydrogen-bond acceptors (Lipinski definition) is 3. The quantitative estimate of drug-likeness (QED) is 0.852. The van der Waals surface area contributed by atoms with Gasteiger partial charge in [-0.3, -0.25) is 0 Å². The summed E-state index contributed by atoms with van der Waals surface area (Å²) < 4.78 is 24.2. The van der Waals surface area contributed by atoms with Gasteiger partial charge in [-0.1, -0.05) is 23.2 Å². The minimum atomic E-state index is -3.52. The zero-order chi connectivity index (χ0) is 14.0. The topological polar surface area (TPSA) is 57.9 Å². The molecule has 3 nitrogen and oxygen atoms in total. The first-order chi connectivity index (χ1) is 8.18. The molecule has 18 heavy (non-hydrogen) atoms. The Labute approximate surface area is 117 Å². The van der Waals surface area contributed by atoms with Crippen molar-refractivity contribution in [2.75, 3.05) is 5.75 Å². The van der Waals surface area contributed by atoms with Gasteiger partial charge in [0.15, 0.2) is 9.84 Å². The lowest BCUT2D eigenvalue weighted by molar-refractivity contribution is 0.473. The molecule has 0 aromatic heterocycles. The van der Waals surface area contributed by atoms with E-state index in [-0.39, 0.29) is 22.1 Å². The van der Waals surface area contributed by atoms with Crippen LogP contribution in [0.25, 0.3) is 0 Å². The predicted octanol–water partition coefficient (Wildman–Crippen LogP) is 3.71. The van der Waals surface area contributed by atoms with E-state index in [1.165, 1.54) is 18.2 Å². The molecule has 0 saturated heterocycles. The van der Waals surface area contributed by atoms with Crippen molar-refractivity contribution in [2.24, 2.45) is 5.41 Å².